The molecule has 0 spiro atoms. The molecule has 0 aliphatic heterocycles. The summed E-state index contributed by atoms with van der Waals surface area (Å²) in [5.74, 6) is -0.0238. The summed E-state index contributed by atoms with van der Waals surface area (Å²) in [6.45, 7) is 1.50. The first-order valence-electron chi connectivity index (χ1n) is 4.04. The monoisotopic (exact) mass is 292 g/mol. The normalized spacial score (nSPS) is 12.6. The third kappa shape index (κ3) is 2.75. The summed E-state index contributed by atoms with van der Waals surface area (Å²) in [5, 5.41) is -0.537. The number of rotatable bonds is 3. The maximum Gasteiger partial charge on any atom is 0.152 e. The number of carbonyl (C=O) groups is 1. The van der Waals surface area contributed by atoms with E-state index < -0.39 is 5.38 Å². The SMILES string of the molecule is CSc1cc(Br)ccc1C(Cl)C(C)=O. The minimum Gasteiger partial charge on any atom is -0.298 e. The van der Waals surface area contributed by atoms with E-state index in [1.54, 1.807) is 11.8 Å². The van der Waals surface area contributed by atoms with E-state index in [-0.39, 0.29) is 5.78 Å². The Bertz CT molecular complexity index is 354. The van der Waals surface area contributed by atoms with Crippen molar-refractivity contribution in [3.05, 3.63) is 28.2 Å². The Hall–Kier alpha value is 0.01000. The van der Waals surface area contributed by atoms with Gasteiger partial charge >= 0.3 is 0 Å². The number of hydrogen-bond donors (Lipinski definition) is 0. The van der Waals surface area contributed by atoms with Crippen molar-refractivity contribution in [2.24, 2.45) is 0 Å². The van der Waals surface area contributed by atoms with E-state index in [0.717, 1.165) is 14.9 Å². The highest BCUT2D eigenvalue weighted by atomic mass is 79.9. The topological polar surface area (TPSA) is 17.1 Å². The molecule has 0 aliphatic rings. The quantitative estimate of drug-likeness (QED) is 0.618. The van der Waals surface area contributed by atoms with Gasteiger partial charge in [-0.05, 0) is 30.9 Å². The summed E-state index contributed by atoms with van der Waals surface area (Å²) in [6, 6.07) is 5.75. The molecule has 0 amide bonds. The van der Waals surface area contributed by atoms with Crippen LogP contribution in [0.15, 0.2) is 27.6 Å². The lowest BCUT2D eigenvalue weighted by Gasteiger charge is -2.10. The van der Waals surface area contributed by atoms with Crippen LogP contribution in [-0.2, 0) is 4.79 Å². The number of hydrogen-bond acceptors (Lipinski definition) is 2. The van der Waals surface area contributed by atoms with Crippen LogP contribution in [0.3, 0.4) is 0 Å². The standard InChI is InChI=1S/C10H10BrClOS/c1-6(13)10(12)8-4-3-7(11)5-9(8)14-2/h3-5,10H,1-2H3. The van der Waals surface area contributed by atoms with Gasteiger partial charge in [0.2, 0.25) is 0 Å². The van der Waals surface area contributed by atoms with Gasteiger partial charge < -0.3 is 0 Å². The lowest BCUT2D eigenvalue weighted by molar-refractivity contribution is -0.116. The van der Waals surface area contributed by atoms with E-state index in [4.69, 9.17) is 11.6 Å². The molecule has 0 radical (unpaired) electrons. The van der Waals surface area contributed by atoms with Crippen LogP contribution in [0.5, 0.6) is 0 Å². The minimum absolute atomic E-state index is 0.0238. The Morgan fingerprint density at radius 2 is 2.21 bits per heavy atom. The van der Waals surface area contributed by atoms with Crippen LogP contribution in [0.4, 0.5) is 0 Å². The van der Waals surface area contributed by atoms with Gasteiger partial charge in [0.25, 0.3) is 0 Å². The van der Waals surface area contributed by atoms with Gasteiger partial charge in [0, 0.05) is 9.37 Å². The second kappa shape index (κ2) is 5.19. The number of benzene rings is 1. The maximum atomic E-state index is 11.1. The van der Waals surface area contributed by atoms with Crippen LogP contribution >= 0.6 is 39.3 Å². The van der Waals surface area contributed by atoms with Crippen LogP contribution in [0.1, 0.15) is 17.9 Å². The number of thioether (sulfide) groups is 1. The number of alkyl halides is 1. The van der Waals surface area contributed by atoms with Gasteiger partial charge in [-0.1, -0.05) is 22.0 Å². The minimum atomic E-state index is -0.537. The van der Waals surface area contributed by atoms with E-state index in [0.29, 0.717) is 0 Å². The van der Waals surface area contributed by atoms with Crippen LogP contribution in [-0.4, -0.2) is 12.0 Å². The Kier molecular flexibility index (Phi) is 4.48. The van der Waals surface area contributed by atoms with Crippen molar-refractivity contribution in [3.8, 4) is 0 Å². The molecule has 1 atom stereocenters. The molecule has 0 N–H and O–H groups in total. The van der Waals surface area contributed by atoms with Crippen molar-refractivity contribution in [2.45, 2.75) is 17.2 Å². The van der Waals surface area contributed by atoms with Gasteiger partial charge in [-0.25, -0.2) is 0 Å². The van der Waals surface area contributed by atoms with Crippen molar-refractivity contribution in [1.82, 2.24) is 0 Å². The molecule has 1 aromatic rings. The van der Waals surface area contributed by atoms with Crippen molar-refractivity contribution >= 4 is 45.1 Å². The zero-order valence-electron chi connectivity index (χ0n) is 7.88. The predicted octanol–water partition coefficient (Wildman–Crippen LogP) is 4.04. The fourth-order valence-electron chi connectivity index (χ4n) is 1.11. The van der Waals surface area contributed by atoms with E-state index in [2.05, 4.69) is 15.9 Å². The summed E-state index contributed by atoms with van der Waals surface area (Å²) in [5.41, 5.74) is 0.884. The first-order valence-corrected chi connectivity index (χ1v) is 6.49. The molecular weight excluding hydrogens is 284 g/mol. The van der Waals surface area contributed by atoms with E-state index in [1.807, 2.05) is 24.5 Å². The first kappa shape index (κ1) is 12.1. The van der Waals surface area contributed by atoms with Crippen molar-refractivity contribution in [3.63, 3.8) is 0 Å². The summed E-state index contributed by atoms with van der Waals surface area (Å²) in [4.78, 5) is 12.2. The van der Waals surface area contributed by atoms with Gasteiger partial charge in [-0.3, -0.25) is 4.79 Å². The van der Waals surface area contributed by atoms with Crippen LogP contribution < -0.4 is 0 Å². The average molecular weight is 294 g/mol. The molecule has 14 heavy (non-hydrogen) atoms. The Balaban J connectivity index is 3.13. The fraction of sp³-hybridized carbons (Fsp3) is 0.300. The van der Waals surface area contributed by atoms with E-state index in [1.165, 1.54) is 6.92 Å². The summed E-state index contributed by atoms with van der Waals surface area (Å²) < 4.78 is 0.998. The van der Waals surface area contributed by atoms with E-state index in [9.17, 15) is 4.79 Å². The van der Waals surface area contributed by atoms with Crippen molar-refractivity contribution in [1.29, 1.82) is 0 Å². The van der Waals surface area contributed by atoms with Crippen LogP contribution in [0, 0.1) is 0 Å². The molecule has 0 bridgehead atoms. The third-order valence-electron chi connectivity index (χ3n) is 1.83. The van der Waals surface area contributed by atoms with Gasteiger partial charge in [0.15, 0.2) is 5.78 Å². The molecule has 0 fully saturated rings. The zero-order chi connectivity index (χ0) is 10.7. The summed E-state index contributed by atoms with van der Waals surface area (Å²) in [6.07, 6.45) is 1.97. The van der Waals surface area contributed by atoms with Crippen molar-refractivity contribution in [2.75, 3.05) is 6.26 Å². The Labute approximate surface area is 101 Å². The molecule has 0 saturated carbocycles. The number of Topliss-reactive ketones (excluding diaryl/α,β-unsaturated/α-hetero) is 1. The summed E-state index contributed by atoms with van der Waals surface area (Å²) in [7, 11) is 0. The molecule has 0 saturated heterocycles. The smallest absolute Gasteiger partial charge is 0.152 e. The second-order valence-corrected chi connectivity index (χ2v) is 5.06. The number of halogens is 2. The molecule has 1 unspecified atom stereocenters. The molecule has 1 rings (SSSR count). The first-order chi connectivity index (χ1) is 6.56. The second-order valence-electron chi connectivity index (χ2n) is 2.86. The lowest BCUT2D eigenvalue weighted by Crippen LogP contribution is -2.02. The highest BCUT2D eigenvalue weighted by molar-refractivity contribution is 9.10. The van der Waals surface area contributed by atoms with Crippen LogP contribution in [0.25, 0.3) is 0 Å². The van der Waals surface area contributed by atoms with Crippen LogP contribution in [0.2, 0.25) is 0 Å². The fourth-order valence-corrected chi connectivity index (χ4v) is 2.55. The molecule has 76 valence electrons. The molecule has 1 nitrogen and oxygen atoms in total. The van der Waals surface area contributed by atoms with Gasteiger partial charge in [-0.15, -0.1) is 23.4 Å². The highest BCUT2D eigenvalue weighted by Gasteiger charge is 2.16. The summed E-state index contributed by atoms with van der Waals surface area (Å²) >= 11 is 11.0. The largest absolute Gasteiger partial charge is 0.298 e. The van der Waals surface area contributed by atoms with Gasteiger partial charge in [0.05, 0.1) is 0 Å². The molecular formula is C10H10BrClOS. The molecule has 4 heteroatoms. The average Bonchev–Trinajstić information content (AvgIpc) is 2.16. The molecule has 1 aromatic carbocycles. The maximum absolute atomic E-state index is 11.1. The molecule has 0 aromatic heterocycles. The Morgan fingerprint density at radius 1 is 1.57 bits per heavy atom. The number of ketones is 1. The Morgan fingerprint density at radius 3 is 2.71 bits per heavy atom. The third-order valence-corrected chi connectivity index (χ3v) is 3.65. The van der Waals surface area contributed by atoms with E-state index >= 15 is 0 Å². The lowest BCUT2D eigenvalue weighted by atomic mass is 10.1. The van der Waals surface area contributed by atoms with Gasteiger partial charge in [-0.2, -0.15) is 0 Å². The number of carbonyl (C=O) groups excluding carboxylic acids is 1. The molecule has 0 aliphatic carbocycles. The van der Waals surface area contributed by atoms with Gasteiger partial charge in [0.1, 0.15) is 5.38 Å². The molecule has 0 heterocycles. The van der Waals surface area contributed by atoms with Crippen molar-refractivity contribution < 1.29 is 4.79 Å². The highest BCUT2D eigenvalue weighted by Crippen LogP contribution is 2.32. The predicted molar refractivity (Wildman–Crippen MR) is 65.2 cm³/mol. The zero-order valence-corrected chi connectivity index (χ0v) is 11.0.